The second-order valence-electron chi connectivity index (χ2n) is 8.78. The molecule has 1 aliphatic carbocycles. The van der Waals surface area contributed by atoms with Crippen LogP contribution in [0.3, 0.4) is 0 Å². The van der Waals surface area contributed by atoms with E-state index in [-0.39, 0.29) is 24.5 Å². The van der Waals surface area contributed by atoms with Crippen LogP contribution in [0.1, 0.15) is 30.9 Å². The molecule has 1 aromatic carbocycles. The van der Waals surface area contributed by atoms with Crippen molar-refractivity contribution in [2.24, 2.45) is 5.92 Å². The van der Waals surface area contributed by atoms with Crippen LogP contribution in [0.5, 0.6) is 0 Å². The van der Waals surface area contributed by atoms with Crippen LogP contribution >= 0.6 is 0 Å². The van der Waals surface area contributed by atoms with Crippen LogP contribution in [0.25, 0.3) is 0 Å². The van der Waals surface area contributed by atoms with Crippen LogP contribution in [0.15, 0.2) is 36.5 Å². The fourth-order valence-electron chi connectivity index (χ4n) is 4.99. The van der Waals surface area contributed by atoms with Crippen LogP contribution in [-0.4, -0.2) is 47.5 Å². The number of hydrogen-bond donors (Lipinski definition) is 1. The standard InChI is InChI=1S/C23H23F2N5O/c1-14-19-12-29(13-20(14)30(19)21-5-2-15(9-26)10-27-21)22(31)11-28-23(6-7-23)17-4-3-16(24)8-18(17)25/h2-5,8,10,14,19-20,28H,6-7,11-13H2,1H3. The van der Waals surface area contributed by atoms with E-state index >= 15 is 0 Å². The highest BCUT2D eigenvalue weighted by atomic mass is 19.1. The molecule has 0 radical (unpaired) electrons. The molecule has 1 aromatic heterocycles. The van der Waals surface area contributed by atoms with Gasteiger partial charge < -0.3 is 9.80 Å². The van der Waals surface area contributed by atoms with E-state index in [0.29, 0.717) is 30.1 Å². The van der Waals surface area contributed by atoms with Crippen molar-refractivity contribution in [2.75, 3.05) is 24.5 Å². The quantitative estimate of drug-likeness (QED) is 0.800. The minimum absolute atomic E-state index is 0.0110. The van der Waals surface area contributed by atoms with Crippen LogP contribution in [-0.2, 0) is 10.3 Å². The normalized spacial score (nSPS) is 25.5. The number of amides is 1. The molecule has 3 aliphatic heterocycles. The van der Waals surface area contributed by atoms with Gasteiger partial charge in [0.15, 0.2) is 0 Å². The third-order valence-corrected chi connectivity index (χ3v) is 7.01. The summed E-state index contributed by atoms with van der Waals surface area (Å²) in [5, 5.41) is 12.2. The number of carbonyl (C=O) groups is 1. The minimum Gasteiger partial charge on any atom is -0.346 e. The molecule has 2 unspecified atom stereocenters. The Morgan fingerprint density at radius 2 is 2.00 bits per heavy atom. The summed E-state index contributed by atoms with van der Waals surface area (Å²) in [4.78, 5) is 21.4. The zero-order valence-electron chi connectivity index (χ0n) is 17.2. The van der Waals surface area contributed by atoms with Crippen LogP contribution in [0.2, 0.25) is 0 Å². The number of nitrogens with one attached hydrogen (secondary N) is 1. The molecular formula is C23H23F2N5O. The van der Waals surface area contributed by atoms with E-state index in [2.05, 4.69) is 28.2 Å². The lowest BCUT2D eigenvalue weighted by atomic mass is 9.77. The molecule has 1 saturated carbocycles. The number of nitrogens with zero attached hydrogens (tertiary/aromatic N) is 4. The molecule has 1 amide bonds. The first kappa shape index (κ1) is 19.9. The monoisotopic (exact) mass is 423 g/mol. The fraction of sp³-hybridized carbons (Fsp3) is 0.435. The van der Waals surface area contributed by atoms with Gasteiger partial charge >= 0.3 is 0 Å². The van der Waals surface area contributed by atoms with E-state index in [1.54, 1.807) is 12.3 Å². The van der Waals surface area contributed by atoms with Crippen molar-refractivity contribution in [3.63, 3.8) is 0 Å². The van der Waals surface area contributed by atoms with Crippen LogP contribution < -0.4 is 10.2 Å². The number of pyridine rings is 1. The summed E-state index contributed by atoms with van der Waals surface area (Å²) in [6.07, 6.45) is 3.02. The van der Waals surface area contributed by atoms with Crippen molar-refractivity contribution in [1.82, 2.24) is 15.2 Å². The van der Waals surface area contributed by atoms with Crippen LogP contribution in [0, 0.1) is 28.9 Å². The average molecular weight is 423 g/mol. The third kappa shape index (κ3) is 3.33. The number of benzene rings is 1. The Kier molecular flexibility index (Phi) is 4.67. The lowest BCUT2D eigenvalue weighted by molar-refractivity contribution is -0.134. The molecule has 2 atom stereocenters. The third-order valence-electron chi connectivity index (χ3n) is 7.01. The van der Waals surface area contributed by atoms with Gasteiger partial charge in [-0.3, -0.25) is 10.1 Å². The van der Waals surface area contributed by atoms with Gasteiger partial charge in [0, 0.05) is 42.4 Å². The second kappa shape index (κ2) is 7.27. The molecule has 4 heterocycles. The Labute approximate surface area is 179 Å². The summed E-state index contributed by atoms with van der Waals surface area (Å²) < 4.78 is 27.4. The smallest absolute Gasteiger partial charge is 0.236 e. The number of piperidine rings is 1. The topological polar surface area (TPSA) is 72.3 Å². The number of piperazine rings is 1. The molecule has 4 aliphatic rings. The van der Waals surface area contributed by atoms with Crippen molar-refractivity contribution in [3.8, 4) is 6.07 Å². The number of halogens is 2. The Balaban J connectivity index is 1.22. The summed E-state index contributed by atoms with van der Waals surface area (Å²) in [7, 11) is 0. The predicted octanol–water partition coefficient (Wildman–Crippen LogP) is 2.55. The first-order valence-corrected chi connectivity index (χ1v) is 10.5. The van der Waals surface area contributed by atoms with Gasteiger partial charge in [-0.05, 0) is 31.0 Å². The van der Waals surface area contributed by atoms with Gasteiger partial charge in [0.25, 0.3) is 0 Å². The van der Waals surface area contributed by atoms with Gasteiger partial charge in [0.05, 0.1) is 24.2 Å². The van der Waals surface area contributed by atoms with Gasteiger partial charge in [-0.25, -0.2) is 13.8 Å². The molecule has 8 heteroatoms. The highest BCUT2D eigenvalue weighted by molar-refractivity contribution is 5.79. The van der Waals surface area contributed by atoms with Gasteiger partial charge in [-0.1, -0.05) is 13.0 Å². The first-order chi connectivity index (χ1) is 14.9. The predicted molar refractivity (Wildman–Crippen MR) is 110 cm³/mol. The highest BCUT2D eigenvalue weighted by Gasteiger charge is 2.52. The number of fused-ring (bicyclic) bond motifs is 2. The van der Waals surface area contributed by atoms with E-state index in [1.807, 2.05) is 11.0 Å². The van der Waals surface area contributed by atoms with Gasteiger partial charge in [-0.2, -0.15) is 5.26 Å². The summed E-state index contributed by atoms with van der Waals surface area (Å²) >= 11 is 0. The molecule has 3 saturated heterocycles. The molecule has 160 valence electrons. The zero-order chi connectivity index (χ0) is 21.8. The lowest BCUT2D eigenvalue weighted by Crippen LogP contribution is -2.75. The van der Waals surface area contributed by atoms with Crippen molar-refractivity contribution in [2.45, 2.75) is 37.4 Å². The van der Waals surface area contributed by atoms with Gasteiger partial charge in [0.2, 0.25) is 5.91 Å². The maximum Gasteiger partial charge on any atom is 0.236 e. The number of carbonyl (C=O) groups excluding carboxylic acids is 1. The maximum absolute atomic E-state index is 14.2. The Bertz CT molecular complexity index is 1050. The second-order valence-corrected chi connectivity index (χ2v) is 8.78. The molecule has 2 aromatic rings. The number of nitriles is 1. The summed E-state index contributed by atoms with van der Waals surface area (Å²) in [6.45, 7) is 3.53. The van der Waals surface area contributed by atoms with Gasteiger partial charge in [0.1, 0.15) is 23.5 Å². The lowest BCUT2D eigenvalue weighted by Gasteiger charge is -2.61. The summed E-state index contributed by atoms with van der Waals surface area (Å²) in [6, 6.07) is 9.69. The molecule has 1 N–H and O–H groups in total. The van der Waals surface area contributed by atoms with Crippen molar-refractivity contribution >= 4 is 11.7 Å². The maximum atomic E-state index is 14.2. The Morgan fingerprint density at radius 1 is 1.26 bits per heavy atom. The molecule has 6 nitrogen and oxygen atoms in total. The number of rotatable bonds is 5. The largest absolute Gasteiger partial charge is 0.346 e. The van der Waals surface area contributed by atoms with Crippen molar-refractivity contribution in [3.05, 3.63) is 59.3 Å². The molecule has 2 bridgehead atoms. The SMILES string of the molecule is CC1C2CN(C(=O)CNC3(c4ccc(F)cc4F)CC3)CC1N2c1ccc(C#N)cn1. The van der Waals surface area contributed by atoms with E-state index in [9.17, 15) is 13.6 Å². The van der Waals surface area contributed by atoms with Crippen LogP contribution in [0.4, 0.5) is 14.6 Å². The summed E-state index contributed by atoms with van der Waals surface area (Å²) in [5.74, 6) is 0.105. The number of aromatic nitrogens is 1. The first-order valence-electron chi connectivity index (χ1n) is 10.5. The van der Waals surface area contributed by atoms with E-state index in [0.717, 1.165) is 24.7 Å². The fourth-order valence-corrected chi connectivity index (χ4v) is 4.99. The average Bonchev–Trinajstić information content (AvgIpc) is 3.57. The molecule has 31 heavy (non-hydrogen) atoms. The number of anilines is 1. The summed E-state index contributed by atoms with van der Waals surface area (Å²) in [5.41, 5.74) is 0.379. The Hall–Kier alpha value is -3.05. The van der Waals surface area contributed by atoms with E-state index < -0.39 is 17.2 Å². The van der Waals surface area contributed by atoms with E-state index in [4.69, 9.17) is 5.26 Å². The highest BCUT2D eigenvalue weighted by Crippen LogP contribution is 2.46. The Morgan fingerprint density at radius 3 is 2.58 bits per heavy atom. The molecule has 0 spiro atoms. The molecule has 6 rings (SSSR count). The molecular weight excluding hydrogens is 400 g/mol. The zero-order valence-corrected chi connectivity index (χ0v) is 17.2. The minimum atomic E-state index is -0.601. The van der Waals surface area contributed by atoms with E-state index in [1.165, 1.54) is 12.1 Å². The van der Waals surface area contributed by atoms with Crippen molar-refractivity contribution in [1.29, 1.82) is 5.26 Å². The van der Waals surface area contributed by atoms with Gasteiger partial charge in [-0.15, -0.1) is 0 Å². The van der Waals surface area contributed by atoms with Crippen molar-refractivity contribution < 1.29 is 13.6 Å². The molecule has 4 fully saturated rings. The number of hydrogen-bond acceptors (Lipinski definition) is 5.